The van der Waals surface area contributed by atoms with Crippen LogP contribution in [0.25, 0.3) is 0 Å². The van der Waals surface area contributed by atoms with Gasteiger partial charge in [-0.15, -0.1) is 0 Å². The Kier molecular flexibility index (Phi) is 6.99. The van der Waals surface area contributed by atoms with E-state index < -0.39 is 9.84 Å². The third-order valence-electron chi connectivity index (χ3n) is 3.81. The molecule has 0 spiro atoms. The first-order valence-corrected chi connectivity index (χ1v) is 12.5. The summed E-state index contributed by atoms with van der Waals surface area (Å²) in [6.45, 7) is 0. The van der Waals surface area contributed by atoms with Crippen LogP contribution in [0.4, 0.5) is 4.39 Å². The molecule has 27 heavy (non-hydrogen) atoms. The second-order valence-electron chi connectivity index (χ2n) is 6.14. The first kappa shape index (κ1) is 20.0. The summed E-state index contributed by atoms with van der Waals surface area (Å²) < 4.78 is 37.9. The minimum absolute atomic E-state index is 0.0267. The molecule has 0 aliphatic heterocycles. The Hall–Kier alpha value is -1.76. The molecule has 0 bridgehead atoms. The quantitative estimate of drug-likeness (QED) is 0.428. The fraction of sp³-hybridized carbons (Fsp3) is 0.143. The molecule has 0 amide bonds. The number of rotatable bonds is 8. The molecular formula is C21H19FO2S3. The van der Waals surface area contributed by atoms with E-state index in [0.717, 1.165) is 27.3 Å². The minimum atomic E-state index is -3.22. The van der Waals surface area contributed by atoms with Gasteiger partial charge in [-0.3, -0.25) is 0 Å². The molecular weight excluding hydrogens is 399 g/mol. The van der Waals surface area contributed by atoms with E-state index in [9.17, 15) is 12.8 Å². The van der Waals surface area contributed by atoms with E-state index in [-0.39, 0.29) is 17.3 Å². The van der Waals surface area contributed by atoms with Gasteiger partial charge in [-0.2, -0.15) is 0 Å². The highest BCUT2D eigenvalue weighted by atomic mass is 33.1. The zero-order chi connectivity index (χ0) is 19.1. The highest BCUT2D eigenvalue weighted by molar-refractivity contribution is 8.76. The monoisotopic (exact) mass is 418 g/mol. The molecule has 2 nitrogen and oxygen atoms in total. The van der Waals surface area contributed by atoms with E-state index in [1.165, 1.54) is 12.1 Å². The maximum absolute atomic E-state index is 12.9. The largest absolute Gasteiger partial charge is 0.228 e. The predicted molar refractivity (Wildman–Crippen MR) is 113 cm³/mol. The molecule has 3 rings (SSSR count). The maximum atomic E-state index is 12.9. The van der Waals surface area contributed by atoms with Crippen molar-refractivity contribution in [1.82, 2.24) is 0 Å². The van der Waals surface area contributed by atoms with Gasteiger partial charge in [0.25, 0.3) is 0 Å². The number of hydrogen-bond acceptors (Lipinski definition) is 4. The molecule has 0 saturated heterocycles. The molecule has 3 aromatic rings. The summed E-state index contributed by atoms with van der Waals surface area (Å²) in [4.78, 5) is 1.01. The lowest BCUT2D eigenvalue weighted by Gasteiger charge is -2.07. The van der Waals surface area contributed by atoms with Crippen molar-refractivity contribution >= 4 is 31.4 Å². The number of halogens is 1. The van der Waals surface area contributed by atoms with Gasteiger partial charge in [0, 0.05) is 10.6 Å². The van der Waals surface area contributed by atoms with Crippen molar-refractivity contribution in [2.45, 2.75) is 22.2 Å². The molecule has 0 N–H and O–H groups in total. The highest BCUT2D eigenvalue weighted by Gasteiger charge is 2.13. The van der Waals surface area contributed by atoms with Crippen LogP contribution in [0.15, 0.2) is 83.8 Å². The van der Waals surface area contributed by atoms with Crippen LogP contribution in [-0.4, -0.2) is 8.42 Å². The van der Waals surface area contributed by atoms with Crippen LogP contribution in [0, 0.1) is 5.82 Å². The van der Waals surface area contributed by atoms with Crippen molar-refractivity contribution in [1.29, 1.82) is 0 Å². The third kappa shape index (κ3) is 6.72. The fourth-order valence-corrected chi connectivity index (χ4v) is 6.22. The zero-order valence-electron chi connectivity index (χ0n) is 14.5. The Bertz CT molecular complexity index is 972. The fourth-order valence-electron chi connectivity index (χ4n) is 2.57. The van der Waals surface area contributed by atoms with Gasteiger partial charge in [-0.05, 0) is 41.0 Å². The lowest BCUT2D eigenvalue weighted by molar-refractivity contribution is 0.594. The van der Waals surface area contributed by atoms with Crippen LogP contribution in [-0.2, 0) is 27.1 Å². The summed E-state index contributed by atoms with van der Waals surface area (Å²) >= 11 is 0. The Balaban J connectivity index is 1.57. The topological polar surface area (TPSA) is 34.1 Å². The average molecular weight is 419 g/mol. The molecule has 6 heteroatoms. The Labute approximate surface area is 167 Å². The van der Waals surface area contributed by atoms with Gasteiger partial charge in [0.05, 0.1) is 11.5 Å². The normalized spacial score (nSPS) is 11.4. The van der Waals surface area contributed by atoms with Gasteiger partial charge < -0.3 is 0 Å². The Morgan fingerprint density at radius 3 is 2.15 bits per heavy atom. The van der Waals surface area contributed by atoms with Crippen LogP contribution < -0.4 is 0 Å². The van der Waals surface area contributed by atoms with Gasteiger partial charge in [-0.25, -0.2) is 12.8 Å². The first-order valence-electron chi connectivity index (χ1n) is 8.37. The molecule has 0 aliphatic carbocycles. The van der Waals surface area contributed by atoms with Gasteiger partial charge in [0.2, 0.25) is 0 Å². The second kappa shape index (κ2) is 9.44. The molecule has 0 radical (unpaired) electrons. The van der Waals surface area contributed by atoms with E-state index in [4.69, 9.17) is 0 Å². The zero-order valence-corrected chi connectivity index (χ0v) is 17.0. The van der Waals surface area contributed by atoms with E-state index in [1.54, 1.807) is 33.7 Å². The molecule has 0 fully saturated rings. The molecule has 3 aromatic carbocycles. The molecule has 0 saturated carbocycles. The van der Waals surface area contributed by atoms with Crippen molar-refractivity contribution in [3.05, 3.63) is 101 Å². The van der Waals surface area contributed by atoms with Gasteiger partial charge in [0.1, 0.15) is 5.82 Å². The summed E-state index contributed by atoms with van der Waals surface area (Å²) in [5.41, 5.74) is 2.65. The highest BCUT2D eigenvalue weighted by Crippen LogP contribution is 2.34. The van der Waals surface area contributed by atoms with Crippen LogP contribution in [0.1, 0.15) is 16.7 Å². The van der Waals surface area contributed by atoms with E-state index in [0.29, 0.717) is 0 Å². The Morgan fingerprint density at radius 2 is 1.41 bits per heavy atom. The summed E-state index contributed by atoms with van der Waals surface area (Å²) in [5, 5.41) is 0. The van der Waals surface area contributed by atoms with Crippen molar-refractivity contribution in [3.63, 3.8) is 0 Å². The number of benzene rings is 3. The smallest absolute Gasteiger partial charge is 0.158 e. The van der Waals surface area contributed by atoms with Crippen LogP contribution in [0.3, 0.4) is 0 Å². The van der Waals surface area contributed by atoms with E-state index >= 15 is 0 Å². The van der Waals surface area contributed by atoms with Crippen molar-refractivity contribution in [2.75, 3.05) is 0 Å². The van der Waals surface area contributed by atoms with Crippen LogP contribution >= 0.6 is 21.6 Å². The standard InChI is InChI=1S/C21H19FO2S3/c22-20-11-9-17(10-12-20)14-25-26-21-8-4-7-19(13-21)16-27(23,24)15-18-5-2-1-3-6-18/h1-13H,14-16H2. The predicted octanol–water partition coefficient (Wildman–Crippen LogP) is 5.88. The minimum Gasteiger partial charge on any atom is -0.228 e. The molecule has 0 aromatic heterocycles. The van der Waals surface area contributed by atoms with Crippen molar-refractivity contribution in [3.8, 4) is 0 Å². The van der Waals surface area contributed by atoms with Gasteiger partial charge in [0.15, 0.2) is 9.84 Å². The molecule has 0 aliphatic rings. The molecule has 0 unspecified atom stereocenters. The summed E-state index contributed by atoms with van der Waals surface area (Å²) in [7, 11) is 0.00749. The Morgan fingerprint density at radius 1 is 0.741 bits per heavy atom. The molecule has 140 valence electrons. The summed E-state index contributed by atoms with van der Waals surface area (Å²) in [6, 6.07) is 23.3. The second-order valence-corrected chi connectivity index (χ2v) is 10.6. The number of hydrogen-bond donors (Lipinski definition) is 0. The number of sulfone groups is 1. The molecule has 0 heterocycles. The summed E-state index contributed by atoms with van der Waals surface area (Å²) in [6.07, 6.45) is 0. The van der Waals surface area contributed by atoms with Crippen LogP contribution in [0.2, 0.25) is 0 Å². The SMILES string of the molecule is O=S(=O)(Cc1ccccc1)Cc1cccc(SSCc2ccc(F)cc2)c1. The summed E-state index contributed by atoms with van der Waals surface area (Å²) in [5.74, 6) is 0.589. The first-order chi connectivity index (χ1) is 13.0. The van der Waals surface area contributed by atoms with Gasteiger partial charge >= 0.3 is 0 Å². The maximum Gasteiger partial charge on any atom is 0.158 e. The van der Waals surface area contributed by atoms with Crippen molar-refractivity contribution < 1.29 is 12.8 Å². The van der Waals surface area contributed by atoms with E-state index in [2.05, 4.69) is 0 Å². The third-order valence-corrected chi connectivity index (χ3v) is 7.65. The lowest BCUT2D eigenvalue weighted by atomic mass is 10.2. The average Bonchev–Trinajstić information content (AvgIpc) is 2.64. The molecule has 0 atom stereocenters. The van der Waals surface area contributed by atoms with Gasteiger partial charge in [-0.1, -0.05) is 76.2 Å². The van der Waals surface area contributed by atoms with E-state index in [1.807, 2.05) is 54.6 Å². The lowest BCUT2D eigenvalue weighted by Crippen LogP contribution is -2.07. The van der Waals surface area contributed by atoms with Crippen LogP contribution in [0.5, 0.6) is 0 Å². The van der Waals surface area contributed by atoms with Crippen molar-refractivity contribution in [2.24, 2.45) is 0 Å².